The fourth-order valence-electron chi connectivity index (χ4n) is 2.06. The lowest BCUT2D eigenvalue weighted by Gasteiger charge is -2.12. The van der Waals surface area contributed by atoms with Crippen molar-refractivity contribution in [2.24, 2.45) is 0 Å². The maximum atomic E-state index is 12.2. The minimum Gasteiger partial charge on any atom is -0.308 e. The SMILES string of the molecule is CCn1c(-c2ccc([N+](=O)[O-])cc2)ccc(CS)c1=O. The molecule has 0 N–H and O–H groups in total. The topological polar surface area (TPSA) is 65.1 Å². The first-order chi connectivity index (χ1) is 9.58. The molecule has 2 rings (SSSR count). The lowest BCUT2D eigenvalue weighted by molar-refractivity contribution is -0.384. The molecule has 0 saturated heterocycles. The Morgan fingerprint density at radius 3 is 2.35 bits per heavy atom. The van der Waals surface area contributed by atoms with E-state index >= 15 is 0 Å². The van der Waals surface area contributed by atoms with Gasteiger partial charge in [0.25, 0.3) is 11.2 Å². The smallest absolute Gasteiger partial charge is 0.269 e. The molecule has 0 atom stereocenters. The van der Waals surface area contributed by atoms with Crippen molar-refractivity contribution in [1.29, 1.82) is 0 Å². The molecule has 104 valence electrons. The Morgan fingerprint density at radius 1 is 1.20 bits per heavy atom. The largest absolute Gasteiger partial charge is 0.308 e. The highest BCUT2D eigenvalue weighted by molar-refractivity contribution is 7.79. The first kappa shape index (κ1) is 14.3. The molecule has 0 fully saturated rings. The molecule has 0 amide bonds. The van der Waals surface area contributed by atoms with Gasteiger partial charge in [0, 0.05) is 30.0 Å². The number of rotatable bonds is 4. The van der Waals surface area contributed by atoms with Crippen LogP contribution in [0.15, 0.2) is 41.2 Å². The summed E-state index contributed by atoms with van der Waals surface area (Å²) >= 11 is 4.14. The van der Waals surface area contributed by atoms with Gasteiger partial charge >= 0.3 is 0 Å². The second-order valence-corrected chi connectivity index (χ2v) is 4.57. The van der Waals surface area contributed by atoms with E-state index in [1.165, 1.54) is 12.1 Å². The van der Waals surface area contributed by atoms with E-state index in [2.05, 4.69) is 12.6 Å². The van der Waals surface area contributed by atoms with E-state index in [4.69, 9.17) is 0 Å². The fraction of sp³-hybridized carbons (Fsp3) is 0.214. The van der Waals surface area contributed by atoms with Crippen molar-refractivity contribution in [2.45, 2.75) is 19.2 Å². The lowest BCUT2D eigenvalue weighted by Crippen LogP contribution is -2.23. The van der Waals surface area contributed by atoms with Crippen LogP contribution in [0.25, 0.3) is 11.3 Å². The Labute approximate surface area is 121 Å². The minimum atomic E-state index is -0.444. The van der Waals surface area contributed by atoms with E-state index in [0.717, 1.165) is 11.3 Å². The number of non-ortho nitro benzene ring substituents is 1. The zero-order valence-corrected chi connectivity index (χ0v) is 11.8. The number of hydrogen-bond donors (Lipinski definition) is 1. The molecule has 1 aromatic heterocycles. The normalized spacial score (nSPS) is 10.5. The molecule has 0 aliphatic carbocycles. The molecule has 0 saturated carbocycles. The Hall–Kier alpha value is -2.08. The quantitative estimate of drug-likeness (QED) is 0.535. The molecular formula is C14H14N2O3S. The third kappa shape index (κ3) is 2.60. The van der Waals surface area contributed by atoms with Gasteiger partial charge in [0.1, 0.15) is 0 Å². The Bertz CT molecular complexity index is 693. The molecule has 5 nitrogen and oxygen atoms in total. The second kappa shape index (κ2) is 5.92. The van der Waals surface area contributed by atoms with Gasteiger partial charge < -0.3 is 4.57 Å². The maximum Gasteiger partial charge on any atom is 0.269 e. The van der Waals surface area contributed by atoms with Crippen molar-refractivity contribution < 1.29 is 4.92 Å². The van der Waals surface area contributed by atoms with Crippen LogP contribution in [-0.4, -0.2) is 9.49 Å². The van der Waals surface area contributed by atoms with Crippen LogP contribution in [-0.2, 0) is 12.3 Å². The van der Waals surface area contributed by atoms with Crippen molar-refractivity contribution in [3.05, 3.63) is 62.4 Å². The molecule has 0 spiro atoms. The highest BCUT2D eigenvalue weighted by Crippen LogP contribution is 2.22. The third-order valence-corrected chi connectivity index (χ3v) is 3.45. The highest BCUT2D eigenvalue weighted by atomic mass is 32.1. The molecular weight excluding hydrogens is 276 g/mol. The Morgan fingerprint density at radius 2 is 1.85 bits per heavy atom. The first-order valence-electron chi connectivity index (χ1n) is 6.17. The van der Waals surface area contributed by atoms with Crippen molar-refractivity contribution in [3.8, 4) is 11.3 Å². The van der Waals surface area contributed by atoms with Crippen molar-refractivity contribution in [2.75, 3.05) is 0 Å². The van der Waals surface area contributed by atoms with Crippen LogP contribution in [0, 0.1) is 10.1 Å². The summed E-state index contributed by atoms with van der Waals surface area (Å²) in [6, 6.07) is 9.77. The van der Waals surface area contributed by atoms with E-state index in [-0.39, 0.29) is 11.2 Å². The fourth-order valence-corrected chi connectivity index (χ4v) is 2.30. The van der Waals surface area contributed by atoms with Crippen LogP contribution in [0.4, 0.5) is 5.69 Å². The van der Waals surface area contributed by atoms with E-state index in [1.807, 2.05) is 13.0 Å². The van der Waals surface area contributed by atoms with Gasteiger partial charge in [-0.25, -0.2) is 0 Å². The summed E-state index contributed by atoms with van der Waals surface area (Å²) < 4.78 is 1.65. The number of benzene rings is 1. The molecule has 0 bridgehead atoms. The molecule has 20 heavy (non-hydrogen) atoms. The molecule has 1 heterocycles. The van der Waals surface area contributed by atoms with Crippen LogP contribution in [0.3, 0.4) is 0 Å². The first-order valence-corrected chi connectivity index (χ1v) is 6.80. The van der Waals surface area contributed by atoms with Gasteiger partial charge in [-0.15, -0.1) is 0 Å². The zero-order valence-electron chi connectivity index (χ0n) is 10.9. The molecule has 2 aromatic rings. The molecule has 1 aromatic carbocycles. The minimum absolute atomic E-state index is 0.0334. The van der Waals surface area contributed by atoms with Crippen molar-refractivity contribution in [3.63, 3.8) is 0 Å². The van der Waals surface area contributed by atoms with Crippen LogP contribution in [0.2, 0.25) is 0 Å². The van der Waals surface area contributed by atoms with E-state index in [9.17, 15) is 14.9 Å². The van der Waals surface area contributed by atoms with Gasteiger partial charge in [-0.3, -0.25) is 14.9 Å². The standard InChI is InChI=1S/C14H14N2O3S/c1-2-15-13(8-5-11(9-20)14(15)17)10-3-6-12(7-4-10)16(18)19/h3-8,20H,2,9H2,1H3. The van der Waals surface area contributed by atoms with E-state index in [0.29, 0.717) is 17.9 Å². The number of thiol groups is 1. The predicted octanol–water partition coefficient (Wildman–Crippen LogP) is 2.87. The van der Waals surface area contributed by atoms with Crippen molar-refractivity contribution in [1.82, 2.24) is 4.57 Å². The van der Waals surface area contributed by atoms with Crippen LogP contribution >= 0.6 is 12.6 Å². The average molecular weight is 290 g/mol. The van der Waals surface area contributed by atoms with Gasteiger partial charge in [-0.2, -0.15) is 12.6 Å². The maximum absolute atomic E-state index is 12.2. The van der Waals surface area contributed by atoms with E-state index < -0.39 is 4.92 Å². The molecule has 6 heteroatoms. The van der Waals surface area contributed by atoms with Crippen LogP contribution < -0.4 is 5.56 Å². The van der Waals surface area contributed by atoms with Crippen molar-refractivity contribution >= 4 is 18.3 Å². The number of hydrogen-bond acceptors (Lipinski definition) is 4. The highest BCUT2D eigenvalue weighted by Gasteiger charge is 2.10. The summed E-state index contributed by atoms with van der Waals surface area (Å²) in [7, 11) is 0. The monoisotopic (exact) mass is 290 g/mol. The molecule has 0 aliphatic heterocycles. The number of nitro benzene ring substituents is 1. The summed E-state index contributed by atoms with van der Waals surface area (Å²) in [6.45, 7) is 2.42. The van der Waals surface area contributed by atoms with E-state index in [1.54, 1.807) is 22.8 Å². The van der Waals surface area contributed by atoms with Crippen LogP contribution in [0.5, 0.6) is 0 Å². The summed E-state index contributed by atoms with van der Waals surface area (Å²) in [4.78, 5) is 22.4. The second-order valence-electron chi connectivity index (χ2n) is 4.26. The van der Waals surface area contributed by atoms with Crippen LogP contribution in [0.1, 0.15) is 12.5 Å². The Kier molecular flexibility index (Phi) is 4.24. The summed E-state index contributed by atoms with van der Waals surface area (Å²) in [5.41, 5.74) is 2.13. The van der Waals surface area contributed by atoms with Gasteiger partial charge in [0.05, 0.1) is 10.6 Å². The number of nitrogens with zero attached hydrogens (tertiary/aromatic N) is 2. The summed E-state index contributed by atoms with van der Waals surface area (Å²) in [6.07, 6.45) is 0. The van der Waals surface area contributed by atoms with Gasteiger partial charge in [-0.05, 0) is 30.7 Å². The van der Waals surface area contributed by atoms with Gasteiger partial charge in [0.2, 0.25) is 0 Å². The summed E-state index contributed by atoms with van der Waals surface area (Å²) in [5.74, 6) is 0.388. The predicted molar refractivity (Wildman–Crippen MR) is 81.2 cm³/mol. The summed E-state index contributed by atoms with van der Waals surface area (Å²) in [5, 5.41) is 10.7. The number of nitro groups is 1. The number of aromatic nitrogens is 1. The zero-order chi connectivity index (χ0) is 14.7. The van der Waals surface area contributed by atoms with Gasteiger partial charge in [-0.1, -0.05) is 6.07 Å². The average Bonchev–Trinajstić information content (AvgIpc) is 2.47. The van der Waals surface area contributed by atoms with Gasteiger partial charge in [0.15, 0.2) is 0 Å². The lowest BCUT2D eigenvalue weighted by atomic mass is 10.1. The molecule has 0 unspecified atom stereocenters. The molecule has 0 aliphatic rings. The Balaban J connectivity index is 2.55. The molecule has 0 radical (unpaired) electrons. The number of pyridine rings is 1. The third-order valence-electron chi connectivity index (χ3n) is 3.11.